The fourth-order valence-corrected chi connectivity index (χ4v) is 4.53. The highest BCUT2D eigenvalue weighted by Crippen LogP contribution is 2.38. The number of carbonyl (C=O) groups is 3. The molecular formula is C28H29N3O4. The molecule has 0 aromatic heterocycles. The van der Waals surface area contributed by atoms with E-state index in [0.29, 0.717) is 17.7 Å². The molecule has 3 aromatic carbocycles. The maximum Gasteiger partial charge on any atom is 0.328 e. The third kappa shape index (κ3) is 4.89. The summed E-state index contributed by atoms with van der Waals surface area (Å²) in [4.78, 5) is 39.2. The van der Waals surface area contributed by atoms with Crippen LogP contribution in [0.2, 0.25) is 0 Å². The molecule has 0 spiro atoms. The number of urea groups is 1. The number of esters is 1. The summed E-state index contributed by atoms with van der Waals surface area (Å²) in [6.07, 6.45) is 0.482. The first-order valence-electron chi connectivity index (χ1n) is 11.6. The van der Waals surface area contributed by atoms with E-state index in [1.807, 2.05) is 87.5 Å². The molecule has 180 valence electrons. The van der Waals surface area contributed by atoms with Crippen LogP contribution in [-0.2, 0) is 9.53 Å². The lowest BCUT2D eigenvalue weighted by Crippen LogP contribution is -2.43. The number of rotatable bonds is 6. The molecule has 2 N–H and O–H groups in total. The van der Waals surface area contributed by atoms with Crippen molar-refractivity contribution in [3.8, 4) is 11.1 Å². The van der Waals surface area contributed by atoms with Gasteiger partial charge in [-0.2, -0.15) is 0 Å². The van der Waals surface area contributed by atoms with E-state index < -0.39 is 12.0 Å². The van der Waals surface area contributed by atoms with E-state index >= 15 is 0 Å². The second-order valence-electron chi connectivity index (χ2n) is 8.66. The van der Waals surface area contributed by atoms with Crippen LogP contribution < -0.4 is 10.6 Å². The van der Waals surface area contributed by atoms with Gasteiger partial charge in [0.15, 0.2) is 0 Å². The fraction of sp³-hybridized carbons (Fsp3) is 0.250. The van der Waals surface area contributed by atoms with E-state index in [4.69, 9.17) is 4.74 Å². The summed E-state index contributed by atoms with van der Waals surface area (Å²) >= 11 is 0. The number of hydrogen-bond acceptors (Lipinski definition) is 4. The number of nitrogens with zero attached hydrogens (tertiary/aromatic N) is 1. The lowest BCUT2D eigenvalue weighted by molar-refractivity contribution is -0.146. The number of hydrogen-bond donors (Lipinski definition) is 2. The molecule has 0 fully saturated rings. The van der Waals surface area contributed by atoms with Crippen LogP contribution in [0.25, 0.3) is 11.1 Å². The number of aryl methyl sites for hydroxylation is 1. The summed E-state index contributed by atoms with van der Waals surface area (Å²) in [5.41, 5.74) is 5.86. The molecule has 1 heterocycles. The molecule has 1 aliphatic rings. The second kappa shape index (κ2) is 10.0. The predicted molar refractivity (Wildman–Crippen MR) is 136 cm³/mol. The molecule has 7 nitrogen and oxygen atoms in total. The summed E-state index contributed by atoms with van der Waals surface area (Å²) in [6, 6.07) is 19.7. The molecule has 0 bridgehead atoms. The summed E-state index contributed by atoms with van der Waals surface area (Å²) in [7, 11) is 1.34. The Morgan fingerprint density at radius 1 is 0.971 bits per heavy atom. The Labute approximate surface area is 205 Å². The Bertz CT molecular complexity index is 1270. The van der Waals surface area contributed by atoms with Gasteiger partial charge in [0.1, 0.15) is 6.04 Å². The SMILES string of the molecule is CCC(C(=O)OC)N1C(=O)c2ccc(-c3ccc(NC(=O)Nc4cccc(C)c4)cc3)cc2C1C. The van der Waals surface area contributed by atoms with E-state index in [2.05, 4.69) is 10.6 Å². The summed E-state index contributed by atoms with van der Waals surface area (Å²) in [5, 5.41) is 5.66. The van der Waals surface area contributed by atoms with E-state index in [0.717, 1.165) is 27.9 Å². The number of benzene rings is 3. The molecule has 4 rings (SSSR count). The Morgan fingerprint density at radius 3 is 2.31 bits per heavy atom. The number of nitrogens with one attached hydrogen (secondary N) is 2. The Hall–Kier alpha value is -4.13. The van der Waals surface area contributed by atoms with Crippen LogP contribution in [0, 0.1) is 6.92 Å². The molecule has 0 radical (unpaired) electrons. The second-order valence-corrected chi connectivity index (χ2v) is 8.66. The van der Waals surface area contributed by atoms with Crippen LogP contribution in [0.4, 0.5) is 16.2 Å². The number of carbonyl (C=O) groups excluding carboxylic acids is 3. The lowest BCUT2D eigenvalue weighted by Gasteiger charge is -2.29. The van der Waals surface area contributed by atoms with Crippen molar-refractivity contribution in [3.05, 3.63) is 83.4 Å². The first kappa shape index (κ1) is 24.0. The third-order valence-corrected chi connectivity index (χ3v) is 6.33. The van der Waals surface area contributed by atoms with Crippen LogP contribution in [0.5, 0.6) is 0 Å². The van der Waals surface area contributed by atoms with Crippen molar-refractivity contribution in [1.82, 2.24) is 4.90 Å². The Morgan fingerprint density at radius 2 is 1.66 bits per heavy atom. The Kier molecular flexibility index (Phi) is 6.87. The average Bonchev–Trinajstić information content (AvgIpc) is 3.09. The zero-order chi connectivity index (χ0) is 25.1. The van der Waals surface area contributed by atoms with Gasteiger partial charge in [0.2, 0.25) is 0 Å². The first-order valence-corrected chi connectivity index (χ1v) is 11.6. The molecule has 3 amide bonds. The maximum absolute atomic E-state index is 13.0. The number of methoxy groups -OCH3 is 1. The molecule has 0 aliphatic carbocycles. The minimum atomic E-state index is -0.616. The molecule has 35 heavy (non-hydrogen) atoms. The predicted octanol–water partition coefficient (Wildman–Crippen LogP) is 5.77. The van der Waals surface area contributed by atoms with Gasteiger partial charge < -0.3 is 20.3 Å². The van der Waals surface area contributed by atoms with Crippen LogP contribution in [0.3, 0.4) is 0 Å². The van der Waals surface area contributed by atoms with Gasteiger partial charge in [-0.15, -0.1) is 0 Å². The van der Waals surface area contributed by atoms with E-state index in [-0.39, 0.29) is 18.0 Å². The van der Waals surface area contributed by atoms with Gasteiger partial charge in [-0.1, -0.05) is 37.3 Å². The first-order chi connectivity index (χ1) is 16.8. The van der Waals surface area contributed by atoms with E-state index in [1.54, 1.807) is 4.90 Å². The Balaban J connectivity index is 1.49. The summed E-state index contributed by atoms with van der Waals surface area (Å²) in [6.45, 7) is 5.77. The van der Waals surface area contributed by atoms with Crippen molar-refractivity contribution >= 4 is 29.3 Å². The quantitative estimate of drug-likeness (QED) is 0.447. The smallest absolute Gasteiger partial charge is 0.328 e. The minimum Gasteiger partial charge on any atom is -0.467 e. The van der Waals surface area contributed by atoms with Gasteiger partial charge >= 0.3 is 12.0 Å². The topological polar surface area (TPSA) is 87.7 Å². The molecule has 2 atom stereocenters. The number of ether oxygens (including phenoxy) is 1. The highest BCUT2D eigenvalue weighted by Gasteiger charge is 2.41. The molecular weight excluding hydrogens is 442 g/mol. The van der Waals surface area contributed by atoms with Gasteiger partial charge in [0.25, 0.3) is 5.91 Å². The van der Waals surface area contributed by atoms with Gasteiger partial charge in [0, 0.05) is 16.9 Å². The molecule has 0 saturated carbocycles. The maximum atomic E-state index is 13.0. The van der Waals surface area contributed by atoms with Crippen LogP contribution in [0.1, 0.15) is 47.8 Å². The lowest BCUT2D eigenvalue weighted by atomic mass is 9.98. The van der Waals surface area contributed by atoms with Crippen molar-refractivity contribution in [2.75, 3.05) is 17.7 Å². The number of amides is 3. The average molecular weight is 472 g/mol. The summed E-state index contributed by atoms with van der Waals surface area (Å²) in [5.74, 6) is -0.564. The standard InChI is InChI=1S/C28H29N3O4/c1-5-25(27(33)35-4)31-18(3)24-16-20(11-14-23(24)26(31)32)19-9-12-21(13-10-19)29-28(34)30-22-8-6-7-17(2)15-22/h6-16,18,25H,5H2,1-4H3,(H2,29,30,34). The molecule has 0 saturated heterocycles. The monoisotopic (exact) mass is 471 g/mol. The molecule has 1 aliphatic heterocycles. The van der Waals surface area contributed by atoms with E-state index in [1.165, 1.54) is 7.11 Å². The van der Waals surface area contributed by atoms with Crippen molar-refractivity contribution in [1.29, 1.82) is 0 Å². The normalized spacial score (nSPS) is 15.4. The van der Waals surface area contributed by atoms with Gasteiger partial charge in [-0.25, -0.2) is 9.59 Å². The molecule has 7 heteroatoms. The zero-order valence-electron chi connectivity index (χ0n) is 20.3. The summed E-state index contributed by atoms with van der Waals surface area (Å²) < 4.78 is 4.91. The largest absolute Gasteiger partial charge is 0.467 e. The third-order valence-electron chi connectivity index (χ3n) is 6.33. The zero-order valence-corrected chi connectivity index (χ0v) is 20.3. The molecule has 3 aromatic rings. The molecule has 2 unspecified atom stereocenters. The van der Waals surface area contributed by atoms with E-state index in [9.17, 15) is 14.4 Å². The van der Waals surface area contributed by atoms with Crippen molar-refractivity contribution in [3.63, 3.8) is 0 Å². The highest BCUT2D eigenvalue weighted by atomic mass is 16.5. The number of fused-ring (bicyclic) bond motifs is 1. The van der Waals surface area contributed by atoms with Gasteiger partial charge in [-0.3, -0.25) is 4.79 Å². The van der Waals surface area contributed by atoms with Crippen molar-refractivity contribution in [2.24, 2.45) is 0 Å². The van der Waals surface area contributed by atoms with Crippen LogP contribution in [0.15, 0.2) is 66.7 Å². The van der Waals surface area contributed by atoms with Gasteiger partial charge in [-0.05, 0) is 78.9 Å². The van der Waals surface area contributed by atoms with Crippen molar-refractivity contribution in [2.45, 2.75) is 39.3 Å². The van der Waals surface area contributed by atoms with Crippen LogP contribution >= 0.6 is 0 Å². The van der Waals surface area contributed by atoms with Gasteiger partial charge in [0.05, 0.1) is 13.2 Å². The fourth-order valence-electron chi connectivity index (χ4n) is 4.53. The van der Waals surface area contributed by atoms with Crippen molar-refractivity contribution < 1.29 is 19.1 Å². The minimum absolute atomic E-state index is 0.157. The number of anilines is 2. The highest BCUT2D eigenvalue weighted by molar-refractivity contribution is 6.02. The van der Waals surface area contributed by atoms with Crippen LogP contribution in [-0.4, -0.2) is 36.0 Å².